The molecule has 1 nitrogen and oxygen atoms in total. The van der Waals surface area contributed by atoms with Gasteiger partial charge in [-0.2, -0.15) is 0 Å². The van der Waals surface area contributed by atoms with Gasteiger partial charge in [-0.1, -0.05) is 0 Å². The molecule has 2 heteroatoms. The zero-order chi connectivity index (χ0) is 11.9. The first-order valence-corrected chi connectivity index (χ1v) is 13.6. The van der Waals surface area contributed by atoms with E-state index in [1.165, 1.54) is 38.5 Å². The van der Waals surface area contributed by atoms with Gasteiger partial charge in [0.15, 0.2) is 0 Å². The van der Waals surface area contributed by atoms with Crippen molar-refractivity contribution >= 4 is 19.8 Å². The van der Waals surface area contributed by atoms with Gasteiger partial charge in [-0.15, -0.1) is 0 Å². The number of hydrogen-bond donors (Lipinski definition) is 0. The van der Waals surface area contributed by atoms with Crippen molar-refractivity contribution < 1.29 is 0 Å². The zero-order valence-electron chi connectivity index (χ0n) is 10.9. The summed E-state index contributed by atoms with van der Waals surface area (Å²) in [6.45, 7) is 11.8. The second kappa shape index (κ2) is 16.7. The van der Waals surface area contributed by atoms with Crippen LogP contribution in [0.3, 0.4) is 0 Å². The quantitative estimate of drug-likeness (QED) is 0.446. The fraction of sp³-hybridized carbons (Fsp3) is 0.923. The van der Waals surface area contributed by atoms with E-state index in [4.69, 9.17) is 11.8 Å². The van der Waals surface area contributed by atoms with Crippen molar-refractivity contribution in [2.75, 3.05) is 0 Å². The predicted molar refractivity (Wildman–Crippen MR) is 71.3 cm³/mol. The minimum Gasteiger partial charge on any atom is -0.512 e. The molecule has 0 heterocycles. The van der Waals surface area contributed by atoms with Gasteiger partial charge < -0.3 is 11.8 Å². The molecular weight excluding hydrogens is 289 g/mol. The number of hydrogen-bond acceptors (Lipinski definition) is 1. The molecule has 0 N–H and O–H groups in total. The Bertz CT molecular complexity index is 104. The molecule has 0 spiro atoms. The number of nitrogens with zero attached hydrogens (tertiary/aromatic N) is 1. The van der Waals surface area contributed by atoms with Crippen LogP contribution in [0, 0.1) is 11.8 Å². The Labute approximate surface area is 104 Å². The summed E-state index contributed by atoms with van der Waals surface area (Å²) < 4.78 is 5.08. The van der Waals surface area contributed by atoms with E-state index < -0.39 is 19.8 Å². The molecule has 0 unspecified atom stereocenters. The van der Waals surface area contributed by atoms with Crippen LogP contribution in [0.2, 0.25) is 13.3 Å². The van der Waals surface area contributed by atoms with E-state index in [2.05, 4.69) is 20.8 Å². The van der Waals surface area contributed by atoms with Crippen LogP contribution in [0.1, 0.15) is 59.3 Å². The normalized spacial score (nSPS) is 9.73. The molecule has 0 aromatic heterocycles. The monoisotopic (exact) mass is 318 g/mol. The van der Waals surface area contributed by atoms with Crippen LogP contribution < -0.4 is 0 Å². The predicted octanol–water partition coefficient (Wildman–Crippen LogP) is 4.71. The zero-order valence-corrected chi connectivity index (χ0v) is 14.2. The summed E-state index contributed by atoms with van der Waals surface area (Å²) in [5, 5.41) is 6.25. The average Bonchev–Trinajstić information content (AvgIpc) is 2.31. The smallest absolute Gasteiger partial charge is 0.488 e. The maximum absolute atomic E-state index is 6.25. The molecule has 0 rings (SSSR count). The molecule has 0 atom stereocenters. The Kier molecular flexibility index (Phi) is 19.7. The Hall–Kier alpha value is 0.289. The van der Waals surface area contributed by atoms with Crippen molar-refractivity contribution in [1.82, 2.24) is 0 Å². The molecule has 0 bridgehead atoms. The summed E-state index contributed by atoms with van der Waals surface area (Å²) >= 11 is -0.967. The minimum absolute atomic E-state index is 0.967. The van der Waals surface area contributed by atoms with Crippen molar-refractivity contribution in [3.05, 3.63) is 6.57 Å². The molecule has 0 aliphatic heterocycles. The van der Waals surface area contributed by atoms with Crippen molar-refractivity contribution in [3.63, 3.8) is 0 Å². The molecule has 0 fully saturated rings. The van der Waals surface area contributed by atoms with E-state index in [0.717, 1.165) is 0 Å². The summed E-state index contributed by atoms with van der Waals surface area (Å²) in [5.74, 6) is 0. The second-order valence-electron chi connectivity index (χ2n) is 4.29. The minimum atomic E-state index is -0.967. The SMILES string of the molecule is CCC[CH2][SnH]([CH2]CCC)[CH2]CCC.[C-]#N. The van der Waals surface area contributed by atoms with E-state index in [9.17, 15) is 0 Å². The molecule has 0 aliphatic rings. The van der Waals surface area contributed by atoms with Crippen molar-refractivity contribution in [2.24, 2.45) is 0 Å². The van der Waals surface area contributed by atoms with E-state index in [1.807, 2.05) is 0 Å². The fourth-order valence-corrected chi connectivity index (χ4v) is 12.8. The first-order valence-electron chi connectivity index (χ1n) is 6.57. The summed E-state index contributed by atoms with van der Waals surface area (Å²) in [4.78, 5) is 0. The molecule has 0 aliphatic carbocycles. The van der Waals surface area contributed by atoms with Gasteiger partial charge in [-0.05, 0) is 0 Å². The summed E-state index contributed by atoms with van der Waals surface area (Å²) in [5.41, 5.74) is 0. The van der Waals surface area contributed by atoms with Gasteiger partial charge in [0.2, 0.25) is 0 Å². The largest absolute Gasteiger partial charge is 0.512 e. The van der Waals surface area contributed by atoms with Crippen LogP contribution in [0.5, 0.6) is 0 Å². The Morgan fingerprint density at radius 2 is 1.00 bits per heavy atom. The molecule has 0 aromatic carbocycles. The third-order valence-electron chi connectivity index (χ3n) is 2.90. The first kappa shape index (κ1) is 17.7. The van der Waals surface area contributed by atoms with Crippen LogP contribution in [-0.2, 0) is 0 Å². The van der Waals surface area contributed by atoms with Crippen molar-refractivity contribution in [3.8, 4) is 0 Å². The van der Waals surface area contributed by atoms with Crippen LogP contribution in [0.4, 0.5) is 0 Å². The summed E-state index contributed by atoms with van der Waals surface area (Å²) in [6, 6.07) is 0. The van der Waals surface area contributed by atoms with Gasteiger partial charge >= 0.3 is 92.4 Å². The van der Waals surface area contributed by atoms with Crippen LogP contribution in [-0.4, -0.2) is 19.8 Å². The van der Waals surface area contributed by atoms with Gasteiger partial charge in [0.25, 0.3) is 0 Å². The van der Waals surface area contributed by atoms with E-state index in [1.54, 1.807) is 13.3 Å². The van der Waals surface area contributed by atoms with E-state index in [-0.39, 0.29) is 0 Å². The van der Waals surface area contributed by atoms with E-state index >= 15 is 0 Å². The molecule has 0 radical (unpaired) electrons. The number of unbranched alkanes of at least 4 members (excludes halogenated alkanes) is 3. The molecule has 0 saturated heterocycles. The first-order chi connectivity index (χ1) is 7.35. The van der Waals surface area contributed by atoms with Crippen molar-refractivity contribution in [2.45, 2.75) is 72.6 Å². The van der Waals surface area contributed by atoms with Gasteiger partial charge in [-0.25, -0.2) is 0 Å². The van der Waals surface area contributed by atoms with Gasteiger partial charge in [0.1, 0.15) is 0 Å². The maximum Gasteiger partial charge on any atom is -0.488 e. The molecule has 90 valence electrons. The van der Waals surface area contributed by atoms with Gasteiger partial charge in [0, 0.05) is 0 Å². The van der Waals surface area contributed by atoms with Crippen molar-refractivity contribution in [1.29, 1.82) is 5.26 Å². The topological polar surface area (TPSA) is 23.8 Å². The molecule has 15 heavy (non-hydrogen) atoms. The van der Waals surface area contributed by atoms with E-state index in [0.29, 0.717) is 0 Å². The van der Waals surface area contributed by atoms with Crippen LogP contribution >= 0.6 is 0 Å². The van der Waals surface area contributed by atoms with Gasteiger partial charge in [0.05, 0.1) is 0 Å². The Balaban J connectivity index is 0. The fourth-order valence-electron chi connectivity index (χ4n) is 1.91. The Morgan fingerprint density at radius 1 is 0.733 bits per heavy atom. The maximum atomic E-state index is 6.25. The summed E-state index contributed by atoms with van der Waals surface area (Å²) in [6.07, 6.45) is 8.87. The Morgan fingerprint density at radius 3 is 1.20 bits per heavy atom. The molecule has 0 aromatic rings. The summed E-state index contributed by atoms with van der Waals surface area (Å²) in [7, 11) is 0. The molecule has 0 saturated carbocycles. The van der Waals surface area contributed by atoms with Crippen LogP contribution in [0.25, 0.3) is 0 Å². The standard InChI is InChI=1S/3C4H9.CN.Sn.H/c3*1-3-4-2;1-2;;/h3*1,3-4H2,2H3;;;/q;;;-1;;. The van der Waals surface area contributed by atoms with Gasteiger partial charge in [-0.3, -0.25) is 0 Å². The second-order valence-corrected chi connectivity index (χ2v) is 14.2. The third kappa shape index (κ3) is 14.3. The average molecular weight is 317 g/mol. The molecular formula is C13H28NSn-. The third-order valence-corrected chi connectivity index (χ3v) is 13.4. The molecule has 0 amide bonds. The number of rotatable bonds is 9. The van der Waals surface area contributed by atoms with Crippen LogP contribution in [0.15, 0.2) is 0 Å².